The van der Waals surface area contributed by atoms with Crippen LogP contribution in [0, 0.1) is 23.7 Å². The quantitative estimate of drug-likeness (QED) is 0.805. The highest BCUT2D eigenvalue weighted by molar-refractivity contribution is 4.95. The monoisotopic (exact) mass is 289 g/mol. The van der Waals surface area contributed by atoms with Crippen LogP contribution < -0.4 is 5.32 Å². The van der Waals surface area contributed by atoms with E-state index < -0.39 is 12.1 Å². The Morgan fingerprint density at radius 3 is 2.40 bits per heavy atom. The molecule has 0 heterocycles. The molecule has 3 saturated carbocycles. The Kier molecular flexibility index (Phi) is 4.04. The SMILES string of the molecule is CC(NC1CCCC(C(F)(F)F)C1)C1CC2CCC1C2. The van der Waals surface area contributed by atoms with E-state index in [1.165, 1.54) is 25.7 Å². The van der Waals surface area contributed by atoms with Crippen LogP contribution in [0.15, 0.2) is 0 Å². The van der Waals surface area contributed by atoms with Gasteiger partial charge in [-0.25, -0.2) is 0 Å². The lowest BCUT2D eigenvalue weighted by Gasteiger charge is -2.36. The summed E-state index contributed by atoms with van der Waals surface area (Å²) in [5, 5.41) is 3.55. The molecule has 1 N–H and O–H groups in total. The Labute approximate surface area is 119 Å². The second-order valence-corrected chi connectivity index (χ2v) is 7.40. The van der Waals surface area contributed by atoms with Crippen molar-refractivity contribution in [2.45, 2.75) is 76.6 Å². The predicted octanol–water partition coefficient (Wildman–Crippen LogP) is 4.52. The van der Waals surface area contributed by atoms with Crippen LogP contribution in [0.5, 0.6) is 0 Å². The fourth-order valence-corrected chi connectivity index (χ4v) is 5.04. The molecule has 0 aromatic carbocycles. The van der Waals surface area contributed by atoms with Gasteiger partial charge in [-0.2, -0.15) is 13.2 Å². The van der Waals surface area contributed by atoms with Gasteiger partial charge in [-0.15, -0.1) is 0 Å². The van der Waals surface area contributed by atoms with Crippen molar-refractivity contribution in [3.05, 3.63) is 0 Å². The van der Waals surface area contributed by atoms with Gasteiger partial charge < -0.3 is 5.32 Å². The summed E-state index contributed by atoms with van der Waals surface area (Å²) >= 11 is 0. The number of halogens is 3. The minimum atomic E-state index is -4.00. The maximum absolute atomic E-state index is 12.8. The Bertz CT molecular complexity index is 341. The van der Waals surface area contributed by atoms with E-state index >= 15 is 0 Å². The minimum Gasteiger partial charge on any atom is -0.311 e. The molecule has 4 heteroatoms. The van der Waals surface area contributed by atoms with Crippen LogP contribution in [0.1, 0.15) is 58.3 Å². The zero-order valence-electron chi connectivity index (χ0n) is 12.3. The van der Waals surface area contributed by atoms with Crippen molar-refractivity contribution in [2.24, 2.45) is 23.7 Å². The van der Waals surface area contributed by atoms with E-state index in [9.17, 15) is 13.2 Å². The van der Waals surface area contributed by atoms with Crippen molar-refractivity contribution in [1.29, 1.82) is 0 Å². The van der Waals surface area contributed by atoms with Gasteiger partial charge in [-0.05, 0) is 63.2 Å². The van der Waals surface area contributed by atoms with Crippen molar-refractivity contribution < 1.29 is 13.2 Å². The van der Waals surface area contributed by atoms with Crippen LogP contribution in [0.2, 0.25) is 0 Å². The molecule has 3 rings (SSSR count). The minimum absolute atomic E-state index is 0.0736. The first-order chi connectivity index (χ1) is 9.43. The summed E-state index contributed by atoms with van der Waals surface area (Å²) in [6, 6.07) is 0.465. The standard InChI is InChI=1S/C16H26F3N/c1-10(15-8-11-5-6-12(15)7-11)20-14-4-2-3-13(9-14)16(17,18)19/h10-15,20H,2-9H2,1H3. The van der Waals surface area contributed by atoms with Crippen molar-refractivity contribution in [3.63, 3.8) is 0 Å². The van der Waals surface area contributed by atoms with Crippen LogP contribution in [0.25, 0.3) is 0 Å². The summed E-state index contributed by atoms with van der Waals surface area (Å²) in [5.41, 5.74) is 0. The molecule has 3 aliphatic rings. The van der Waals surface area contributed by atoms with Gasteiger partial charge in [0.2, 0.25) is 0 Å². The molecule has 6 atom stereocenters. The first-order valence-electron chi connectivity index (χ1n) is 8.26. The smallest absolute Gasteiger partial charge is 0.311 e. The number of alkyl halides is 3. The third-order valence-corrected chi connectivity index (χ3v) is 6.07. The molecule has 2 bridgehead atoms. The lowest BCUT2D eigenvalue weighted by atomic mass is 9.81. The van der Waals surface area contributed by atoms with E-state index in [1.807, 2.05) is 0 Å². The van der Waals surface area contributed by atoms with E-state index in [-0.39, 0.29) is 12.5 Å². The van der Waals surface area contributed by atoms with Crippen molar-refractivity contribution in [3.8, 4) is 0 Å². The van der Waals surface area contributed by atoms with E-state index in [0.717, 1.165) is 18.3 Å². The van der Waals surface area contributed by atoms with Gasteiger partial charge >= 0.3 is 6.18 Å². The van der Waals surface area contributed by atoms with Crippen molar-refractivity contribution in [2.75, 3.05) is 0 Å². The Balaban J connectivity index is 1.52. The zero-order chi connectivity index (χ0) is 14.3. The van der Waals surface area contributed by atoms with Crippen molar-refractivity contribution >= 4 is 0 Å². The zero-order valence-corrected chi connectivity index (χ0v) is 12.3. The van der Waals surface area contributed by atoms with Gasteiger partial charge in [0, 0.05) is 12.1 Å². The van der Waals surface area contributed by atoms with E-state index in [2.05, 4.69) is 12.2 Å². The van der Waals surface area contributed by atoms with E-state index in [4.69, 9.17) is 0 Å². The number of nitrogens with one attached hydrogen (secondary N) is 1. The maximum Gasteiger partial charge on any atom is 0.391 e. The molecule has 1 nitrogen and oxygen atoms in total. The van der Waals surface area contributed by atoms with Gasteiger partial charge in [0.05, 0.1) is 5.92 Å². The van der Waals surface area contributed by atoms with Gasteiger partial charge in [0.1, 0.15) is 0 Å². The highest BCUT2D eigenvalue weighted by Crippen LogP contribution is 2.49. The molecule has 116 valence electrons. The van der Waals surface area contributed by atoms with Crippen molar-refractivity contribution in [1.82, 2.24) is 5.32 Å². The number of hydrogen-bond donors (Lipinski definition) is 1. The molecule has 3 fully saturated rings. The molecule has 0 amide bonds. The summed E-state index contributed by atoms with van der Waals surface area (Å²) in [5.74, 6) is 1.37. The molecule has 20 heavy (non-hydrogen) atoms. The molecule has 0 spiro atoms. The van der Waals surface area contributed by atoms with E-state index in [1.54, 1.807) is 0 Å². The number of fused-ring (bicyclic) bond motifs is 2. The Hall–Kier alpha value is -0.250. The molecule has 0 saturated heterocycles. The van der Waals surface area contributed by atoms with Gasteiger partial charge in [0.15, 0.2) is 0 Å². The van der Waals surface area contributed by atoms with Crippen LogP contribution in [0.3, 0.4) is 0 Å². The Morgan fingerprint density at radius 2 is 1.80 bits per heavy atom. The molecular weight excluding hydrogens is 263 g/mol. The molecule has 0 radical (unpaired) electrons. The highest BCUT2D eigenvalue weighted by atomic mass is 19.4. The average molecular weight is 289 g/mol. The first kappa shape index (κ1) is 14.7. The molecule has 0 aromatic heterocycles. The second kappa shape index (κ2) is 5.51. The van der Waals surface area contributed by atoms with Gasteiger partial charge in [-0.3, -0.25) is 0 Å². The maximum atomic E-state index is 12.8. The molecule has 0 aliphatic heterocycles. The highest BCUT2D eigenvalue weighted by Gasteiger charge is 2.44. The van der Waals surface area contributed by atoms with Gasteiger partial charge in [-0.1, -0.05) is 12.8 Å². The summed E-state index contributed by atoms with van der Waals surface area (Å²) in [7, 11) is 0. The molecule has 3 aliphatic carbocycles. The van der Waals surface area contributed by atoms with Crippen LogP contribution in [-0.2, 0) is 0 Å². The third kappa shape index (κ3) is 3.00. The third-order valence-electron chi connectivity index (χ3n) is 6.07. The first-order valence-corrected chi connectivity index (χ1v) is 8.26. The van der Waals surface area contributed by atoms with Crippen LogP contribution in [-0.4, -0.2) is 18.3 Å². The van der Waals surface area contributed by atoms with Crippen LogP contribution in [0.4, 0.5) is 13.2 Å². The summed E-state index contributed by atoms with van der Waals surface area (Å²) in [6.45, 7) is 2.20. The molecule has 6 unspecified atom stereocenters. The molecular formula is C16H26F3N. The summed E-state index contributed by atoms with van der Waals surface area (Å²) < 4.78 is 38.5. The molecule has 0 aromatic rings. The normalized spacial score (nSPS) is 42.9. The second-order valence-electron chi connectivity index (χ2n) is 7.40. The summed E-state index contributed by atoms with van der Waals surface area (Å²) in [6.07, 6.45) is 3.63. The summed E-state index contributed by atoms with van der Waals surface area (Å²) in [4.78, 5) is 0. The topological polar surface area (TPSA) is 12.0 Å². The fourth-order valence-electron chi connectivity index (χ4n) is 5.04. The average Bonchev–Trinajstić information content (AvgIpc) is 3.00. The largest absolute Gasteiger partial charge is 0.391 e. The van der Waals surface area contributed by atoms with Crippen LogP contribution >= 0.6 is 0 Å². The number of rotatable bonds is 3. The number of hydrogen-bond acceptors (Lipinski definition) is 1. The predicted molar refractivity (Wildman–Crippen MR) is 73.3 cm³/mol. The fraction of sp³-hybridized carbons (Fsp3) is 1.00. The lowest BCUT2D eigenvalue weighted by molar-refractivity contribution is -0.184. The van der Waals surface area contributed by atoms with Gasteiger partial charge in [0.25, 0.3) is 0 Å². The Morgan fingerprint density at radius 1 is 1.00 bits per heavy atom. The van der Waals surface area contributed by atoms with E-state index in [0.29, 0.717) is 24.8 Å². The lowest BCUT2D eigenvalue weighted by Crippen LogP contribution is -2.46.